The molecule has 0 aliphatic carbocycles. The highest BCUT2D eigenvalue weighted by Gasteiger charge is 2.00. The van der Waals surface area contributed by atoms with E-state index >= 15 is 0 Å². The molecule has 0 saturated heterocycles. The minimum Gasteiger partial charge on any atom is -0.355 e. The van der Waals surface area contributed by atoms with Crippen molar-refractivity contribution >= 4 is 28.8 Å². The molecule has 0 atom stereocenters. The van der Waals surface area contributed by atoms with Crippen LogP contribution in [0.5, 0.6) is 0 Å². The Morgan fingerprint density at radius 3 is 2.93 bits per heavy atom. The van der Waals surface area contributed by atoms with Gasteiger partial charge in [-0.05, 0) is 32.0 Å². The third-order valence-electron chi connectivity index (χ3n) is 1.89. The topological polar surface area (TPSA) is 41.1 Å². The van der Waals surface area contributed by atoms with Crippen LogP contribution < -0.4 is 10.6 Å². The van der Waals surface area contributed by atoms with E-state index in [-0.39, 0.29) is 5.91 Å². The van der Waals surface area contributed by atoms with E-state index in [2.05, 4.69) is 10.6 Å². The van der Waals surface area contributed by atoms with E-state index in [0.717, 1.165) is 23.7 Å². The van der Waals surface area contributed by atoms with E-state index in [4.69, 9.17) is 11.6 Å². The van der Waals surface area contributed by atoms with Crippen molar-refractivity contribution in [2.75, 3.05) is 20.1 Å². The second-order valence-electron chi connectivity index (χ2n) is 3.19. The Balaban J connectivity index is 2.09. The van der Waals surface area contributed by atoms with Gasteiger partial charge in [0.05, 0.1) is 10.9 Å². The Morgan fingerprint density at radius 2 is 2.33 bits per heavy atom. The number of carbonyl (C=O) groups excluding carboxylic acids is 1. The summed E-state index contributed by atoms with van der Waals surface area (Å²) in [5.41, 5.74) is 0. The first-order chi connectivity index (χ1) is 7.22. The van der Waals surface area contributed by atoms with Crippen LogP contribution in [0.15, 0.2) is 12.1 Å². The van der Waals surface area contributed by atoms with Crippen molar-refractivity contribution in [3.05, 3.63) is 21.3 Å². The molecule has 0 fully saturated rings. The molecule has 1 amide bonds. The molecule has 1 aromatic heterocycles. The Kier molecular flexibility index (Phi) is 5.68. The van der Waals surface area contributed by atoms with Crippen LogP contribution in [0.2, 0.25) is 4.34 Å². The second kappa shape index (κ2) is 6.82. The number of amides is 1. The van der Waals surface area contributed by atoms with E-state index in [1.54, 1.807) is 18.4 Å². The SMILES string of the molecule is CNCC(=O)NCCCc1ccc(Cl)s1. The van der Waals surface area contributed by atoms with Gasteiger partial charge in [0.1, 0.15) is 0 Å². The lowest BCUT2D eigenvalue weighted by atomic mass is 10.2. The molecule has 84 valence electrons. The Labute approximate surface area is 98.8 Å². The average molecular weight is 247 g/mol. The summed E-state index contributed by atoms with van der Waals surface area (Å²) >= 11 is 7.40. The first kappa shape index (κ1) is 12.5. The highest BCUT2D eigenvalue weighted by Crippen LogP contribution is 2.22. The van der Waals surface area contributed by atoms with E-state index in [1.807, 2.05) is 12.1 Å². The van der Waals surface area contributed by atoms with Gasteiger partial charge < -0.3 is 10.6 Å². The van der Waals surface area contributed by atoms with Gasteiger partial charge >= 0.3 is 0 Å². The molecule has 0 unspecified atom stereocenters. The molecule has 0 aliphatic heterocycles. The van der Waals surface area contributed by atoms with Crippen molar-refractivity contribution in [3.63, 3.8) is 0 Å². The molecule has 0 bridgehead atoms. The van der Waals surface area contributed by atoms with Gasteiger partial charge in [0.2, 0.25) is 5.91 Å². The fourth-order valence-corrected chi connectivity index (χ4v) is 2.33. The van der Waals surface area contributed by atoms with E-state index in [9.17, 15) is 4.79 Å². The number of likely N-dealkylation sites (N-methyl/N-ethyl adjacent to an activating group) is 1. The number of hydrogen-bond acceptors (Lipinski definition) is 3. The molecule has 0 aromatic carbocycles. The van der Waals surface area contributed by atoms with Gasteiger partial charge in [-0.15, -0.1) is 11.3 Å². The smallest absolute Gasteiger partial charge is 0.233 e. The summed E-state index contributed by atoms with van der Waals surface area (Å²) in [6, 6.07) is 3.93. The van der Waals surface area contributed by atoms with Crippen molar-refractivity contribution in [2.45, 2.75) is 12.8 Å². The molecular formula is C10H15ClN2OS. The van der Waals surface area contributed by atoms with Crippen molar-refractivity contribution in [2.24, 2.45) is 0 Å². The Hall–Kier alpha value is -0.580. The minimum absolute atomic E-state index is 0.0433. The number of halogens is 1. The van der Waals surface area contributed by atoms with Crippen LogP contribution in [0.25, 0.3) is 0 Å². The average Bonchev–Trinajstić information content (AvgIpc) is 2.60. The van der Waals surface area contributed by atoms with Gasteiger partial charge in [0.25, 0.3) is 0 Å². The van der Waals surface area contributed by atoms with E-state index < -0.39 is 0 Å². The van der Waals surface area contributed by atoms with Crippen LogP contribution in [0.3, 0.4) is 0 Å². The van der Waals surface area contributed by atoms with Crippen molar-refractivity contribution in [3.8, 4) is 0 Å². The lowest BCUT2D eigenvalue weighted by molar-refractivity contribution is -0.120. The number of thiophene rings is 1. The minimum atomic E-state index is 0.0433. The van der Waals surface area contributed by atoms with Gasteiger partial charge in [0, 0.05) is 11.4 Å². The van der Waals surface area contributed by atoms with Crippen LogP contribution in [-0.2, 0) is 11.2 Å². The normalized spacial score (nSPS) is 10.3. The molecule has 3 nitrogen and oxygen atoms in total. The van der Waals surface area contributed by atoms with Crippen LogP contribution in [0.4, 0.5) is 0 Å². The van der Waals surface area contributed by atoms with E-state index in [1.165, 1.54) is 4.88 Å². The molecule has 1 heterocycles. The van der Waals surface area contributed by atoms with Crippen molar-refractivity contribution < 1.29 is 4.79 Å². The maximum atomic E-state index is 11.1. The van der Waals surface area contributed by atoms with Gasteiger partial charge in [-0.2, -0.15) is 0 Å². The first-order valence-corrected chi connectivity index (χ1v) is 6.07. The molecule has 0 aliphatic rings. The molecule has 0 spiro atoms. The summed E-state index contributed by atoms with van der Waals surface area (Å²) in [6.45, 7) is 1.10. The maximum absolute atomic E-state index is 11.1. The van der Waals surface area contributed by atoms with Crippen LogP contribution in [0, 0.1) is 0 Å². The molecule has 0 saturated carbocycles. The number of nitrogens with one attached hydrogen (secondary N) is 2. The zero-order valence-electron chi connectivity index (χ0n) is 8.68. The summed E-state index contributed by atoms with van der Waals surface area (Å²) in [5, 5.41) is 5.63. The fourth-order valence-electron chi connectivity index (χ4n) is 1.20. The molecular weight excluding hydrogens is 232 g/mol. The number of carbonyl (C=O) groups is 1. The summed E-state index contributed by atoms with van der Waals surface area (Å²) in [7, 11) is 1.76. The predicted octanol–water partition coefficient (Wildman–Crippen LogP) is 1.67. The van der Waals surface area contributed by atoms with Crippen LogP contribution in [0.1, 0.15) is 11.3 Å². The molecule has 0 radical (unpaired) electrons. The maximum Gasteiger partial charge on any atom is 0.233 e. The second-order valence-corrected chi connectivity index (χ2v) is 4.99. The molecule has 1 aromatic rings. The van der Waals surface area contributed by atoms with Crippen molar-refractivity contribution in [1.29, 1.82) is 0 Å². The standard InChI is InChI=1S/C10H15ClN2OS/c1-12-7-10(14)13-6-2-3-8-4-5-9(11)15-8/h4-5,12H,2-3,6-7H2,1H3,(H,13,14). The molecule has 2 N–H and O–H groups in total. The fraction of sp³-hybridized carbons (Fsp3) is 0.500. The van der Waals surface area contributed by atoms with Crippen LogP contribution in [-0.4, -0.2) is 26.0 Å². The molecule has 1 rings (SSSR count). The highest BCUT2D eigenvalue weighted by atomic mass is 35.5. The predicted molar refractivity (Wildman–Crippen MR) is 64.6 cm³/mol. The largest absolute Gasteiger partial charge is 0.355 e. The lowest BCUT2D eigenvalue weighted by Crippen LogP contribution is -2.32. The van der Waals surface area contributed by atoms with Gasteiger partial charge in [-0.1, -0.05) is 11.6 Å². The van der Waals surface area contributed by atoms with Crippen molar-refractivity contribution in [1.82, 2.24) is 10.6 Å². The van der Waals surface area contributed by atoms with Gasteiger partial charge in [-0.25, -0.2) is 0 Å². The Bertz CT molecular complexity index is 314. The van der Waals surface area contributed by atoms with Gasteiger partial charge in [0.15, 0.2) is 0 Å². The third kappa shape index (κ3) is 5.16. The monoisotopic (exact) mass is 246 g/mol. The Morgan fingerprint density at radius 1 is 1.53 bits per heavy atom. The highest BCUT2D eigenvalue weighted by molar-refractivity contribution is 7.16. The zero-order chi connectivity index (χ0) is 11.1. The summed E-state index contributed by atoms with van der Waals surface area (Å²) in [6.07, 6.45) is 1.92. The molecule has 5 heteroatoms. The quantitative estimate of drug-likeness (QED) is 0.750. The molecule has 15 heavy (non-hydrogen) atoms. The lowest BCUT2D eigenvalue weighted by Gasteiger charge is -2.03. The van der Waals surface area contributed by atoms with E-state index in [0.29, 0.717) is 6.54 Å². The number of aryl methyl sites for hydroxylation is 1. The third-order valence-corrected chi connectivity index (χ3v) is 3.18. The number of hydrogen-bond donors (Lipinski definition) is 2. The van der Waals surface area contributed by atoms with Crippen LogP contribution >= 0.6 is 22.9 Å². The summed E-state index contributed by atoms with van der Waals surface area (Å²) in [5.74, 6) is 0.0433. The summed E-state index contributed by atoms with van der Waals surface area (Å²) in [4.78, 5) is 12.3. The summed E-state index contributed by atoms with van der Waals surface area (Å²) < 4.78 is 0.823. The number of rotatable bonds is 6. The zero-order valence-corrected chi connectivity index (χ0v) is 10.3. The first-order valence-electron chi connectivity index (χ1n) is 4.88. The van der Waals surface area contributed by atoms with Gasteiger partial charge in [-0.3, -0.25) is 4.79 Å².